The van der Waals surface area contributed by atoms with Crippen LogP contribution in [0.25, 0.3) is 0 Å². The van der Waals surface area contributed by atoms with Gasteiger partial charge in [-0.05, 0) is 49.9 Å². The molecule has 28 heavy (non-hydrogen) atoms. The van der Waals surface area contributed by atoms with E-state index in [0.717, 1.165) is 0 Å². The minimum absolute atomic E-state index is 0.259. The topological polar surface area (TPSA) is 89.5 Å². The third-order valence-electron chi connectivity index (χ3n) is 3.07. The molecule has 0 aromatic heterocycles. The van der Waals surface area contributed by atoms with E-state index < -0.39 is 15.6 Å². The average Bonchev–Trinajstić information content (AvgIpc) is 2.69. The van der Waals surface area contributed by atoms with E-state index in [9.17, 15) is 9.13 Å². The SMILES string of the molecule is CCCOP(=O)(OCCC)Oc1ccc(OP(=O)(OCCC)OCCC)cc1. The summed E-state index contributed by atoms with van der Waals surface area (Å²) in [5.74, 6) is 0.559. The summed E-state index contributed by atoms with van der Waals surface area (Å²) < 4.78 is 57.3. The number of hydrogen-bond donors (Lipinski definition) is 0. The molecule has 1 rings (SSSR count). The Hall–Kier alpha value is -0.880. The van der Waals surface area contributed by atoms with Gasteiger partial charge in [-0.1, -0.05) is 27.7 Å². The van der Waals surface area contributed by atoms with Crippen LogP contribution in [0, 0.1) is 0 Å². The van der Waals surface area contributed by atoms with Crippen LogP contribution in [0.2, 0.25) is 0 Å². The number of phosphoric ester groups is 2. The molecule has 0 radical (unpaired) electrons. The van der Waals surface area contributed by atoms with E-state index in [1.54, 1.807) is 0 Å². The highest BCUT2D eigenvalue weighted by Crippen LogP contribution is 2.51. The zero-order valence-corrected chi connectivity index (χ0v) is 18.9. The molecular weight excluding hydrogens is 406 g/mol. The highest BCUT2D eigenvalue weighted by molar-refractivity contribution is 7.49. The van der Waals surface area contributed by atoms with E-state index in [0.29, 0.717) is 25.7 Å². The molecule has 1 aromatic rings. The number of hydrogen-bond acceptors (Lipinski definition) is 8. The normalized spacial score (nSPS) is 12.1. The predicted molar refractivity (Wildman–Crippen MR) is 108 cm³/mol. The van der Waals surface area contributed by atoms with Gasteiger partial charge in [-0.25, -0.2) is 9.13 Å². The van der Waals surface area contributed by atoms with Crippen molar-refractivity contribution in [1.29, 1.82) is 0 Å². The van der Waals surface area contributed by atoms with Crippen molar-refractivity contribution in [3.05, 3.63) is 24.3 Å². The van der Waals surface area contributed by atoms with Gasteiger partial charge < -0.3 is 9.05 Å². The molecular formula is C18H32O8P2. The monoisotopic (exact) mass is 438 g/mol. The summed E-state index contributed by atoms with van der Waals surface area (Å²) in [6.07, 6.45) is 2.72. The Morgan fingerprint density at radius 2 is 0.821 bits per heavy atom. The zero-order chi connectivity index (χ0) is 20.9. The third-order valence-corrected chi connectivity index (χ3v) is 5.94. The van der Waals surface area contributed by atoms with Crippen molar-refractivity contribution < 1.29 is 36.3 Å². The van der Waals surface area contributed by atoms with E-state index in [1.807, 2.05) is 27.7 Å². The Balaban J connectivity index is 2.81. The van der Waals surface area contributed by atoms with Crippen molar-refractivity contribution >= 4 is 15.6 Å². The molecule has 0 aliphatic carbocycles. The van der Waals surface area contributed by atoms with Gasteiger partial charge in [-0.15, -0.1) is 0 Å². The largest absolute Gasteiger partial charge is 0.530 e. The molecule has 1 aromatic carbocycles. The van der Waals surface area contributed by atoms with Gasteiger partial charge in [0.2, 0.25) is 0 Å². The van der Waals surface area contributed by atoms with Gasteiger partial charge in [-0.2, -0.15) is 0 Å². The minimum Gasteiger partial charge on any atom is -0.404 e. The van der Waals surface area contributed by atoms with E-state index in [4.69, 9.17) is 27.1 Å². The Kier molecular flexibility index (Phi) is 12.0. The lowest BCUT2D eigenvalue weighted by Crippen LogP contribution is -2.05. The lowest BCUT2D eigenvalue weighted by molar-refractivity contribution is 0.153. The molecule has 10 heteroatoms. The molecule has 0 N–H and O–H groups in total. The zero-order valence-electron chi connectivity index (χ0n) is 17.1. The highest BCUT2D eigenvalue weighted by Gasteiger charge is 2.30. The fourth-order valence-electron chi connectivity index (χ4n) is 1.81. The quantitative estimate of drug-likeness (QED) is 0.275. The first-order valence-electron chi connectivity index (χ1n) is 9.67. The second kappa shape index (κ2) is 13.4. The van der Waals surface area contributed by atoms with Crippen LogP contribution in [0.1, 0.15) is 53.4 Å². The maximum absolute atomic E-state index is 12.7. The molecule has 0 aliphatic heterocycles. The van der Waals surface area contributed by atoms with Crippen LogP contribution in [0.5, 0.6) is 11.5 Å². The first-order valence-corrected chi connectivity index (χ1v) is 12.6. The molecule has 0 unspecified atom stereocenters. The standard InChI is InChI=1S/C18H32O8P2/c1-5-13-21-27(19,22-14-6-2)25-17-9-11-18(12-10-17)26-28(20,23-15-7-3)24-16-8-4/h9-12H,5-8,13-16H2,1-4H3. The van der Waals surface area contributed by atoms with Gasteiger partial charge in [0, 0.05) is 0 Å². The van der Waals surface area contributed by atoms with Crippen LogP contribution in [-0.4, -0.2) is 26.4 Å². The van der Waals surface area contributed by atoms with E-state index in [1.165, 1.54) is 24.3 Å². The van der Waals surface area contributed by atoms with Gasteiger partial charge in [0.25, 0.3) is 0 Å². The summed E-state index contributed by atoms with van der Waals surface area (Å²) in [7, 11) is -7.41. The lowest BCUT2D eigenvalue weighted by Gasteiger charge is -2.19. The Morgan fingerprint density at radius 1 is 0.571 bits per heavy atom. The summed E-state index contributed by atoms with van der Waals surface area (Å²) in [6.45, 7) is 8.63. The summed E-state index contributed by atoms with van der Waals surface area (Å²) in [5.41, 5.74) is 0. The van der Waals surface area contributed by atoms with Crippen LogP contribution in [0.4, 0.5) is 0 Å². The van der Waals surface area contributed by atoms with Crippen molar-refractivity contribution in [2.75, 3.05) is 26.4 Å². The smallest absolute Gasteiger partial charge is 0.404 e. The molecule has 8 nitrogen and oxygen atoms in total. The van der Waals surface area contributed by atoms with E-state index in [-0.39, 0.29) is 37.9 Å². The van der Waals surface area contributed by atoms with Crippen molar-refractivity contribution in [1.82, 2.24) is 0 Å². The van der Waals surface area contributed by atoms with Gasteiger partial charge in [0.1, 0.15) is 11.5 Å². The molecule has 0 heterocycles. The van der Waals surface area contributed by atoms with Crippen LogP contribution in [0.3, 0.4) is 0 Å². The number of benzene rings is 1. The molecule has 0 fully saturated rings. The second-order valence-corrected chi connectivity index (χ2v) is 9.07. The fraction of sp³-hybridized carbons (Fsp3) is 0.667. The van der Waals surface area contributed by atoms with Crippen LogP contribution >= 0.6 is 15.6 Å². The molecule has 0 saturated heterocycles. The molecule has 0 saturated carbocycles. The molecule has 162 valence electrons. The molecule has 0 bridgehead atoms. The maximum Gasteiger partial charge on any atom is 0.530 e. The van der Waals surface area contributed by atoms with E-state index >= 15 is 0 Å². The lowest BCUT2D eigenvalue weighted by atomic mass is 10.3. The van der Waals surface area contributed by atoms with Gasteiger partial charge >= 0.3 is 15.6 Å². The van der Waals surface area contributed by atoms with Crippen molar-refractivity contribution in [2.45, 2.75) is 53.4 Å². The average molecular weight is 438 g/mol. The molecule has 0 spiro atoms. The molecule has 0 amide bonds. The highest BCUT2D eigenvalue weighted by atomic mass is 31.2. The molecule has 0 aliphatic rings. The van der Waals surface area contributed by atoms with Crippen molar-refractivity contribution in [3.8, 4) is 11.5 Å². The maximum atomic E-state index is 12.7. The summed E-state index contributed by atoms with van der Waals surface area (Å²) >= 11 is 0. The Labute approximate surface area is 168 Å². The Bertz CT molecular complexity index is 556. The summed E-state index contributed by atoms with van der Waals surface area (Å²) in [5, 5.41) is 0. The van der Waals surface area contributed by atoms with Crippen LogP contribution in [-0.2, 0) is 27.2 Å². The van der Waals surface area contributed by atoms with Gasteiger partial charge in [-0.3, -0.25) is 18.1 Å². The first kappa shape index (κ1) is 25.2. The number of rotatable bonds is 16. The van der Waals surface area contributed by atoms with Gasteiger partial charge in [0.05, 0.1) is 26.4 Å². The summed E-state index contributed by atoms with van der Waals surface area (Å²) in [6, 6.07) is 6.10. The number of phosphoric acid groups is 2. The van der Waals surface area contributed by atoms with Gasteiger partial charge in [0.15, 0.2) is 0 Å². The van der Waals surface area contributed by atoms with E-state index in [2.05, 4.69) is 0 Å². The summed E-state index contributed by atoms with van der Waals surface area (Å²) in [4.78, 5) is 0. The van der Waals surface area contributed by atoms with Crippen LogP contribution in [0.15, 0.2) is 24.3 Å². The first-order chi connectivity index (χ1) is 13.4. The van der Waals surface area contributed by atoms with Crippen LogP contribution < -0.4 is 9.05 Å². The third kappa shape index (κ3) is 9.55. The van der Waals surface area contributed by atoms with Crippen molar-refractivity contribution in [3.63, 3.8) is 0 Å². The Morgan fingerprint density at radius 3 is 1.04 bits per heavy atom. The van der Waals surface area contributed by atoms with Crippen molar-refractivity contribution in [2.24, 2.45) is 0 Å². The predicted octanol–water partition coefficient (Wildman–Crippen LogP) is 6.37. The second-order valence-electron chi connectivity index (χ2n) is 5.88. The fourth-order valence-corrected chi connectivity index (χ4v) is 4.56. The molecule has 0 atom stereocenters. The minimum atomic E-state index is -3.70.